The summed E-state index contributed by atoms with van der Waals surface area (Å²) in [5.74, 6) is -1.05. The van der Waals surface area contributed by atoms with Crippen molar-refractivity contribution in [3.05, 3.63) is 71.2 Å². The third kappa shape index (κ3) is 8.49. The molecule has 0 saturated heterocycles. The molecule has 0 aliphatic carbocycles. The average molecular weight is 490 g/mol. The van der Waals surface area contributed by atoms with E-state index in [2.05, 4.69) is 20.4 Å². The van der Waals surface area contributed by atoms with Crippen molar-refractivity contribution in [1.29, 1.82) is 0 Å². The van der Waals surface area contributed by atoms with E-state index in [-0.39, 0.29) is 35.9 Å². The first-order valence-corrected chi connectivity index (χ1v) is 10.2. The largest absolute Gasteiger partial charge is 0.417 e. The maximum absolute atomic E-state index is 13.2. The number of pyridine rings is 1. The van der Waals surface area contributed by atoms with Gasteiger partial charge in [-0.1, -0.05) is 44.2 Å². The number of aromatic nitrogens is 3. The molecule has 2 rings (SSSR count). The van der Waals surface area contributed by atoms with Gasteiger partial charge in [-0.25, -0.2) is 0 Å². The van der Waals surface area contributed by atoms with Crippen molar-refractivity contribution in [3.63, 3.8) is 0 Å². The highest BCUT2D eigenvalue weighted by Gasteiger charge is 2.32. The normalized spacial score (nSPS) is 13.0. The number of rotatable bonds is 7. The van der Waals surface area contributed by atoms with Crippen LogP contribution in [-0.4, -0.2) is 27.2 Å². The Balaban J connectivity index is 0.00000281. The van der Waals surface area contributed by atoms with Gasteiger partial charge in [0.25, 0.3) is 5.91 Å². The number of nitrogens with zero attached hydrogens (tertiary/aromatic N) is 3. The van der Waals surface area contributed by atoms with Crippen LogP contribution in [0.5, 0.6) is 0 Å². The van der Waals surface area contributed by atoms with Gasteiger partial charge in [0.15, 0.2) is 0 Å². The number of halogens is 6. The van der Waals surface area contributed by atoms with Crippen LogP contribution in [0.3, 0.4) is 0 Å². The minimum absolute atomic E-state index is 0.0373. The molecular formula is C22H24F6N4O2. The van der Waals surface area contributed by atoms with E-state index in [9.17, 15) is 31.1 Å². The molecule has 12 heteroatoms. The van der Waals surface area contributed by atoms with E-state index in [1.165, 1.54) is 12.2 Å². The highest BCUT2D eigenvalue weighted by Crippen LogP contribution is 2.30. The number of allylic oxidation sites excluding steroid dienone is 6. The van der Waals surface area contributed by atoms with Gasteiger partial charge in [0, 0.05) is 11.8 Å². The second-order valence-corrected chi connectivity index (χ2v) is 6.29. The minimum Gasteiger partial charge on any atom is -0.342 e. The molecule has 0 aromatic carbocycles. The van der Waals surface area contributed by atoms with Crippen molar-refractivity contribution in [3.8, 4) is 0 Å². The Labute approximate surface area is 192 Å². The zero-order valence-electron chi connectivity index (χ0n) is 18.9. The second kappa shape index (κ2) is 12.7. The van der Waals surface area contributed by atoms with E-state index >= 15 is 0 Å². The molecule has 0 saturated carbocycles. The van der Waals surface area contributed by atoms with Gasteiger partial charge in [-0.15, -0.1) is 0 Å². The van der Waals surface area contributed by atoms with Gasteiger partial charge in [-0.3, -0.25) is 9.78 Å². The molecule has 0 unspecified atom stereocenters. The molecular weight excluding hydrogens is 466 g/mol. The van der Waals surface area contributed by atoms with Crippen molar-refractivity contribution < 1.29 is 35.7 Å². The van der Waals surface area contributed by atoms with Crippen LogP contribution in [0.15, 0.2) is 52.7 Å². The van der Waals surface area contributed by atoms with E-state index in [1.54, 1.807) is 13.8 Å². The van der Waals surface area contributed by atoms with Crippen LogP contribution in [0.1, 0.15) is 61.9 Å². The Hall–Kier alpha value is -3.44. The Morgan fingerprint density at radius 3 is 2.32 bits per heavy atom. The SMILES string of the molecule is CC.C\C=C/C(=C\C(=C\CC)C(F)(F)F)c1noc(CNC(=O)c2ccc(C(F)(F)F)cn2)n1. The third-order valence-electron chi connectivity index (χ3n) is 3.86. The summed E-state index contributed by atoms with van der Waals surface area (Å²) in [6.07, 6.45) is -3.71. The zero-order chi connectivity index (χ0) is 25.9. The van der Waals surface area contributed by atoms with Crippen LogP contribution in [0.2, 0.25) is 0 Å². The minimum atomic E-state index is -4.58. The first-order valence-electron chi connectivity index (χ1n) is 10.2. The van der Waals surface area contributed by atoms with Crippen LogP contribution in [0.4, 0.5) is 26.3 Å². The average Bonchev–Trinajstić information content (AvgIpc) is 3.26. The molecule has 0 fully saturated rings. The number of amides is 1. The standard InChI is InChI=1S/C20H18F6N4O2.C2H6/c1-3-5-12(9-13(6-4-2)19(21,22)23)17-29-16(32-30-17)11-28-18(31)15-8-7-14(10-27-15)20(24,25)26;1-2/h3,5-10H,4,11H2,1-2H3,(H,28,31);1-2H3/b5-3-,12-9+,13-6-;. The summed E-state index contributed by atoms with van der Waals surface area (Å²) in [5, 5.41) is 5.96. The molecule has 0 atom stereocenters. The van der Waals surface area contributed by atoms with Crippen LogP contribution in [0.25, 0.3) is 5.57 Å². The van der Waals surface area contributed by atoms with Crippen molar-refractivity contribution in [2.75, 3.05) is 0 Å². The van der Waals surface area contributed by atoms with Gasteiger partial charge in [-0.05, 0) is 31.6 Å². The lowest BCUT2D eigenvalue weighted by molar-refractivity contribution is -0.137. The van der Waals surface area contributed by atoms with E-state index in [0.29, 0.717) is 12.3 Å². The molecule has 186 valence electrons. The van der Waals surface area contributed by atoms with Crippen LogP contribution in [-0.2, 0) is 12.7 Å². The lowest BCUT2D eigenvalue weighted by atomic mass is 10.1. The van der Waals surface area contributed by atoms with Gasteiger partial charge in [0.1, 0.15) is 5.69 Å². The van der Waals surface area contributed by atoms with E-state index in [4.69, 9.17) is 4.52 Å². The molecule has 34 heavy (non-hydrogen) atoms. The fraction of sp³-hybridized carbons (Fsp3) is 0.364. The quantitative estimate of drug-likeness (QED) is 0.364. The summed E-state index contributed by atoms with van der Waals surface area (Å²) in [5.41, 5.74) is -2.11. The Morgan fingerprint density at radius 1 is 1.15 bits per heavy atom. The van der Waals surface area contributed by atoms with Gasteiger partial charge < -0.3 is 9.84 Å². The molecule has 2 aromatic rings. The number of hydrogen-bond donors (Lipinski definition) is 1. The number of carbonyl (C=O) groups excluding carboxylic acids is 1. The Bertz CT molecular complexity index is 1020. The summed E-state index contributed by atoms with van der Waals surface area (Å²) in [7, 11) is 0. The third-order valence-corrected chi connectivity index (χ3v) is 3.86. The molecule has 1 N–H and O–H groups in total. The van der Waals surface area contributed by atoms with E-state index < -0.39 is 29.4 Å². The topological polar surface area (TPSA) is 80.9 Å². The van der Waals surface area contributed by atoms with Crippen LogP contribution in [0, 0.1) is 0 Å². The van der Waals surface area contributed by atoms with Gasteiger partial charge in [0.2, 0.25) is 11.7 Å². The summed E-state index contributed by atoms with van der Waals surface area (Å²) in [4.78, 5) is 19.5. The number of carbonyl (C=O) groups is 1. The molecule has 0 spiro atoms. The van der Waals surface area contributed by atoms with Gasteiger partial charge in [-0.2, -0.15) is 31.3 Å². The van der Waals surface area contributed by atoms with E-state index in [1.807, 2.05) is 13.8 Å². The van der Waals surface area contributed by atoms with E-state index in [0.717, 1.165) is 18.2 Å². The molecule has 1 amide bonds. The molecule has 2 aromatic heterocycles. The first kappa shape index (κ1) is 28.6. The van der Waals surface area contributed by atoms with Crippen molar-refractivity contribution in [2.45, 2.75) is 53.0 Å². The molecule has 6 nitrogen and oxygen atoms in total. The monoisotopic (exact) mass is 490 g/mol. The van der Waals surface area contributed by atoms with Crippen molar-refractivity contribution in [2.24, 2.45) is 0 Å². The lowest BCUT2D eigenvalue weighted by Crippen LogP contribution is -2.24. The Morgan fingerprint density at radius 2 is 1.82 bits per heavy atom. The highest BCUT2D eigenvalue weighted by atomic mass is 19.4. The van der Waals surface area contributed by atoms with Gasteiger partial charge in [0.05, 0.1) is 17.7 Å². The number of nitrogens with one attached hydrogen (secondary N) is 1. The van der Waals surface area contributed by atoms with Crippen molar-refractivity contribution >= 4 is 11.5 Å². The smallest absolute Gasteiger partial charge is 0.342 e. The lowest BCUT2D eigenvalue weighted by Gasteiger charge is -2.08. The predicted molar refractivity (Wildman–Crippen MR) is 113 cm³/mol. The Kier molecular flexibility index (Phi) is 10.7. The zero-order valence-corrected chi connectivity index (χ0v) is 18.9. The van der Waals surface area contributed by atoms with Crippen LogP contribution >= 0.6 is 0 Å². The predicted octanol–water partition coefficient (Wildman–Crippen LogP) is 6.30. The summed E-state index contributed by atoms with van der Waals surface area (Å²) >= 11 is 0. The highest BCUT2D eigenvalue weighted by molar-refractivity contribution is 5.92. The maximum Gasteiger partial charge on any atom is 0.417 e. The number of alkyl halides is 6. The maximum atomic E-state index is 13.2. The fourth-order valence-electron chi connectivity index (χ4n) is 2.40. The molecule has 0 radical (unpaired) electrons. The molecule has 2 heterocycles. The summed E-state index contributed by atoms with van der Waals surface area (Å²) in [6.45, 7) is 6.85. The number of hydrogen-bond acceptors (Lipinski definition) is 5. The second-order valence-electron chi connectivity index (χ2n) is 6.29. The summed E-state index contributed by atoms with van der Waals surface area (Å²) < 4.78 is 82.1. The molecule has 0 aliphatic heterocycles. The molecule has 0 aliphatic rings. The first-order chi connectivity index (χ1) is 16.0. The van der Waals surface area contributed by atoms with Gasteiger partial charge >= 0.3 is 12.4 Å². The fourth-order valence-corrected chi connectivity index (χ4v) is 2.40. The van der Waals surface area contributed by atoms with Crippen molar-refractivity contribution in [1.82, 2.24) is 20.4 Å². The summed E-state index contributed by atoms with van der Waals surface area (Å²) in [6, 6.07) is 1.62. The van der Waals surface area contributed by atoms with Crippen LogP contribution < -0.4 is 5.32 Å². The molecule has 0 bridgehead atoms.